The highest BCUT2D eigenvalue weighted by atomic mass is 32.2. The van der Waals surface area contributed by atoms with Crippen molar-refractivity contribution in [2.45, 2.75) is 63.1 Å². The van der Waals surface area contributed by atoms with Gasteiger partial charge in [0.25, 0.3) is 5.56 Å². The topological polar surface area (TPSA) is 66.0 Å². The van der Waals surface area contributed by atoms with E-state index in [9.17, 15) is 9.90 Å². The number of aliphatic hydroxyl groups excluding tert-OH is 1. The van der Waals surface area contributed by atoms with E-state index in [0.29, 0.717) is 23.2 Å². The Balaban J connectivity index is 1.71. The molecule has 0 aliphatic heterocycles. The number of H-pyrrole nitrogens is 1. The van der Waals surface area contributed by atoms with E-state index in [4.69, 9.17) is 4.98 Å². The molecule has 1 saturated carbocycles. The lowest BCUT2D eigenvalue weighted by Gasteiger charge is -2.22. The molecule has 0 radical (unpaired) electrons. The van der Waals surface area contributed by atoms with Gasteiger partial charge in [-0.2, -0.15) is 0 Å². The van der Waals surface area contributed by atoms with Crippen molar-refractivity contribution < 1.29 is 5.11 Å². The van der Waals surface area contributed by atoms with Crippen molar-refractivity contribution in [3.63, 3.8) is 0 Å². The maximum absolute atomic E-state index is 12.5. The molecule has 1 unspecified atom stereocenters. The van der Waals surface area contributed by atoms with E-state index < -0.39 is 6.10 Å². The monoisotopic (exact) mass is 372 g/mol. The largest absolute Gasteiger partial charge is 0.388 e. The molecule has 1 fully saturated rings. The van der Waals surface area contributed by atoms with Crippen molar-refractivity contribution in [1.29, 1.82) is 0 Å². The molecule has 2 N–H and O–H groups in total. The molecule has 1 aliphatic carbocycles. The van der Waals surface area contributed by atoms with Crippen molar-refractivity contribution >= 4 is 11.8 Å². The summed E-state index contributed by atoms with van der Waals surface area (Å²) in [6.45, 7) is 2.02. The second-order valence-corrected chi connectivity index (χ2v) is 8.10. The van der Waals surface area contributed by atoms with Crippen LogP contribution in [0.4, 0.5) is 0 Å². The van der Waals surface area contributed by atoms with Crippen molar-refractivity contribution in [3.05, 3.63) is 57.5 Å². The highest BCUT2D eigenvalue weighted by Gasteiger charge is 2.19. The number of rotatable bonds is 7. The third-order valence-corrected chi connectivity index (χ3v) is 6.15. The van der Waals surface area contributed by atoms with E-state index in [-0.39, 0.29) is 5.56 Å². The number of hydrogen-bond acceptors (Lipinski definition) is 4. The molecule has 1 aromatic carbocycles. The summed E-state index contributed by atoms with van der Waals surface area (Å²) in [7, 11) is 0. The average molecular weight is 373 g/mol. The summed E-state index contributed by atoms with van der Waals surface area (Å²) in [6, 6.07) is 9.60. The minimum atomic E-state index is -0.570. The molecule has 1 aliphatic rings. The van der Waals surface area contributed by atoms with Gasteiger partial charge in [-0.05, 0) is 24.3 Å². The number of aliphatic hydroxyl groups is 1. The number of aromatic amines is 1. The van der Waals surface area contributed by atoms with Gasteiger partial charge in [-0.3, -0.25) is 4.79 Å². The van der Waals surface area contributed by atoms with Gasteiger partial charge >= 0.3 is 0 Å². The van der Waals surface area contributed by atoms with Crippen LogP contribution in [0.5, 0.6) is 0 Å². The maximum atomic E-state index is 12.5. The zero-order valence-electron chi connectivity index (χ0n) is 15.4. The Kier molecular flexibility index (Phi) is 6.92. The fourth-order valence-electron chi connectivity index (χ4n) is 3.72. The highest BCUT2D eigenvalue weighted by Crippen LogP contribution is 2.28. The quantitative estimate of drug-likeness (QED) is 0.562. The molecule has 1 aromatic heterocycles. The van der Waals surface area contributed by atoms with Gasteiger partial charge in [0, 0.05) is 11.3 Å². The lowest BCUT2D eigenvalue weighted by Crippen LogP contribution is -2.21. The van der Waals surface area contributed by atoms with Crippen LogP contribution in [0.15, 0.2) is 40.3 Å². The Morgan fingerprint density at radius 1 is 1.23 bits per heavy atom. The van der Waals surface area contributed by atoms with Crippen LogP contribution in [0.1, 0.15) is 62.0 Å². The lowest BCUT2D eigenvalue weighted by atomic mass is 9.85. The van der Waals surface area contributed by atoms with Crippen molar-refractivity contribution in [3.8, 4) is 0 Å². The Hall–Kier alpha value is -1.59. The van der Waals surface area contributed by atoms with Crippen LogP contribution in [0.25, 0.3) is 0 Å². The molecule has 2 aromatic rings. The third kappa shape index (κ3) is 4.98. The Morgan fingerprint density at radius 2 is 1.96 bits per heavy atom. The summed E-state index contributed by atoms with van der Waals surface area (Å²) in [6.07, 6.45) is 7.45. The zero-order chi connectivity index (χ0) is 18.4. The second kappa shape index (κ2) is 9.38. The summed E-state index contributed by atoms with van der Waals surface area (Å²) in [4.78, 5) is 20.1. The first kappa shape index (κ1) is 19.2. The molecule has 0 bridgehead atoms. The average Bonchev–Trinajstić information content (AvgIpc) is 2.67. The van der Waals surface area contributed by atoms with Crippen LogP contribution >= 0.6 is 11.8 Å². The van der Waals surface area contributed by atoms with Crippen LogP contribution < -0.4 is 5.56 Å². The van der Waals surface area contributed by atoms with Crippen LogP contribution in [-0.2, 0) is 12.8 Å². The Morgan fingerprint density at radius 3 is 2.65 bits per heavy atom. The lowest BCUT2D eigenvalue weighted by molar-refractivity contribution is 0.204. The van der Waals surface area contributed by atoms with Gasteiger partial charge in [0.15, 0.2) is 5.16 Å². The van der Waals surface area contributed by atoms with E-state index in [1.54, 1.807) is 0 Å². The SMILES string of the molecule is CCc1c(CC2CCCCC2)nc(SCC(O)c2ccccc2)[nH]c1=O. The minimum Gasteiger partial charge on any atom is -0.388 e. The van der Waals surface area contributed by atoms with E-state index in [2.05, 4.69) is 4.98 Å². The molecule has 26 heavy (non-hydrogen) atoms. The first-order chi connectivity index (χ1) is 12.7. The van der Waals surface area contributed by atoms with Crippen molar-refractivity contribution in [2.75, 3.05) is 5.75 Å². The molecule has 0 spiro atoms. The summed E-state index contributed by atoms with van der Waals surface area (Å²) >= 11 is 1.42. The fraction of sp³-hybridized carbons (Fsp3) is 0.524. The van der Waals surface area contributed by atoms with E-state index >= 15 is 0 Å². The van der Waals surface area contributed by atoms with E-state index in [1.807, 2.05) is 37.3 Å². The normalized spacial score (nSPS) is 16.5. The van der Waals surface area contributed by atoms with Crippen molar-refractivity contribution in [2.24, 2.45) is 5.92 Å². The van der Waals surface area contributed by atoms with E-state index in [0.717, 1.165) is 23.2 Å². The number of aromatic nitrogens is 2. The highest BCUT2D eigenvalue weighted by molar-refractivity contribution is 7.99. The standard InChI is InChI=1S/C21H28N2O2S/c1-2-17-18(13-15-9-5-3-6-10-15)22-21(23-20(17)25)26-14-19(24)16-11-7-4-8-12-16/h4,7-8,11-12,15,19,24H,2-3,5-6,9-10,13-14H2,1H3,(H,22,23,25). The molecular weight excluding hydrogens is 344 g/mol. The molecule has 140 valence electrons. The third-order valence-electron chi connectivity index (χ3n) is 5.20. The maximum Gasteiger partial charge on any atom is 0.254 e. The van der Waals surface area contributed by atoms with Gasteiger partial charge < -0.3 is 10.1 Å². The summed E-state index contributed by atoms with van der Waals surface area (Å²) in [5.41, 5.74) is 2.64. The number of hydrogen-bond donors (Lipinski definition) is 2. The first-order valence-electron chi connectivity index (χ1n) is 9.65. The van der Waals surface area contributed by atoms with Crippen LogP contribution in [0, 0.1) is 5.92 Å². The van der Waals surface area contributed by atoms with Gasteiger partial charge in [0.2, 0.25) is 0 Å². The smallest absolute Gasteiger partial charge is 0.254 e. The van der Waals surface area contributed by atoms with Crippen LogP contribution in [0.2, 0.25) is 0 Å². The predicted molar refractivity (Wildman–Crippen MR) is 107 cm³/mol. The Bertz CT molecular complexity index is 754. The first-order valence-corrected chi connectivity index (χ1v) is 10.6. The van der Waals surface area contributed by atoms with Gasteiger partial charge in [-0.15, -0.1) is 0 Å². The van der Waals surface area contributed by atoms with Crippen molar-refractivity contribution in [1.82, 2.24) is 9.97 Å². The minimum absolute atomic E-state index is 0.0231. The molecule has 1 atom stereocenters. The molecular formula is C21H28N2O2S. The molecule has 5 heteroatoms. The second-order valence-electron chi connectivity index (χ2n) is 7.10. The number of nitrogens with zero attached hydrogens (tertiary/aromatic N) is 1. The summed E-state index contributed by atoms with van der Waals surface area (Å²) in [5, 5.41) is 11.0. The van der Waals surface area contributed by atoms with Crippen LogP contribution in [-0.4, -0.2) is 20.8 Å². The summed E-state index contributed by atoms with van der Waals surface area (Å²) < 4.78 is 0. The Labute approximate surface area is 159 Å². The number of nitrogens with one attached hydrogen (secondary N) is 1. The number of thioether (sulfide) groups is 1. The van der Waals surface area contributed by atoms with Gasteiger partial charge in [0.1, 0.15) is 0 Å². The predicted octanol–water partition coefficient (Wildman–Crippen LogP) is 4.28. The molecule has 0 amide bonds. The molecule has 0 saturated heterocycles. The zero-order valence-corrected chi connectivity index (χ0v) is 16.2. The molecule has 3 rings (SSSR count). The fourth-order valence-corrected chi connectivity index (χ4v) is 4.57. The van der Waals surface area contributed by atoms with Gasteiger partial charge in [-0.25, -0.2) is 4.98 Å². The molecule has 1 heterocycles. The van der Waals surface area contributed by atoms with Crippen LogP contribution in [0.3, 0.4) is 0 Å². The summed E-state index contributed by atoms with van der Waals surface area (Å²) in [5.74, 6) is 1.12. The van der Waals surface area contributed by atoms with E-state index in [1.165, 1.54) is 43.9 Å². The number of benzene rings is 1. The molecule has 4 nitrogen and oxygen atoms in total. The van der Waals surface area contributed by atoms with Gasteiger partial charge in [0.05, 0.1) is 11.8 Å². The van der Waals surface area contributed by atoms with Gasteiger partial charge in [-0.1, -0.05) is 81.1 Å².